The van der Waals surface area contributed by atoms with Gasteiger partial charge in [-0.2, -0.15) is 0 Å². The topological polar surface area (TPSA) is 88.7 Å². The van der Waals surface area contributed by atoms with Gasteiger partial charge < -0.3 is 25.4 Å². The minimum Gasteiger partial charge on any atom is -0.493 e. The summed E-state index contributed by atoms with van der Waals surface area (Å²) < 4.78 is 36.5. The number of amides is 3. The van der Waals surface area contributed by atoms with Gasteiger partial charge in [0.1, 0.15) is 6.61 Å². The average molecular weight is 379 g/mol. The first-order chi connectivity index (χ1) is 13.0. The molecule has 2 aromatic carbocycles. The maximum atomic E-state index is 13.1. The number of ether oxygens (including phenoxy) is 2. The van der Waals surface area contributed by atoms with Crippen LogP contribution in [0.3, 0.4) is 0 Å². The van der Waals surface area contributed by atoms with Crippen LogP contribution in [0.25, 0.3) is 0 Å². The summed E-state index contributed by atoms with van der Waals surface area (Å²) in [4.78, 5) is 23.3. The maximum Gasteiger partial charge on any atom is 0.315 e. The van der Waals surface area contributed by atoms with Gasteiger partial charge in [-0.25, -0.2) is 13.6 Å². The lowest BCUT2D eigenvalue weighted by Crippen LogP contribution is -2.41. The molecule has 9 heteroatoms. The maximum absolute atomic E-state index is 13.1. The van der Waals surface area contributed by atoms with Gasteiger partial charge in [0, 0.05) is 11.8 Å². The van der Waals surface area contributed by atoms with Crippen molar-refractivity contribution in [1.29, 1.82) is 0 Å². The molecule has 3 N–H and O–H groups in total. The summed E-state index contributed by atoms with van der Waals surface area (Å²) in [6, 6.07) is 9.48. The molecular weight excluding hydrogens is 360 g/mol. The SMILES string of the molecule is COc1ccccc1OCCNC(=O)NCC(=O)Nc1ccc(F)c(F)c1. The van der Waals surface area contributed by atoms with Gasteiger partial charge >= 0.3 is 6.03 Å². The second-order valence-corrected chi connectivity index (χ2v) is 5.29. The van der Waals surface area contributed by atoms with E-state index >= 15 is 0 Å². The Balaban J connectivity index is 1.65. The molecule has 3 amide bonds. The molecule has 0 saturated carbocycles. The van der Waals surface area contributed by atoms with Gasteiger partial charge in [0.25, 0.3) is 0 Å². The summed E-state index contributed by atoms with van der Waals surface area (Å²) in [5, 5.41) is 7.20. The lowest BCUT2D eigenvalue weighted by atomic mass is 10.3. The fourth-order valence-electron chi connectivity index (χ4n) is 2.07. The number of halogens is 2. The standard InChI is InChI=1S/C18H19F2N3O4/c1-26-15-4-2-3-5-16(15)27-9-8-21-18(25)22-11-17(24)23-12-6-7-13(19)14(20)10-12/h2-7,10H,8-9,11H2,1H3,(H,23,24)(H2,21,22,25). The Morgan fingerprint density at radius 1 is 1.00 bits per heavy atom. The van der Waals surface area contributed by atoms with Crippen LogP contribution in [-0.2, 0) is 4.79 Å². The second-order valence-electron chi connectivity index (χ2n) is 5.29. The smallest absolute Gasteiger partial charge is 0.315 e. The number of carbonyl (C=O) groups excluding carboxylic acids is 2. The Morgan fingerprint density at radius 2 is 1.74 bits per heavy atom. The summed E-state index contributed by atoms with van der Waals surface area (Å²) >= 11 is 0. The van der Waals surface area contributed by atoms with Crippen LogP contribution >= 0.6 is 0 Å². The Morgan fingerprint density at radius 3 is 2.44 bits per heavy atom. The summed E-state index contributed by atoms with van der Waals surface area (Å²) in [5.74, 6) is -1.54. The zero-order chi connectivity index (χ0) is 19.6. The van der Waals surface area contributed by atoms with Crippen LogP contribution in [0.5, 0.6) is 11.5 Å². The fraction of sp³-hybridized carbons (Fsp3) is 0.222. The van der Waals surface area contributed by atoms with Gasteiger partial charge in [-0.05, 0) is 24.3 Å². The number of nitrogens with one attached hydrogen (secondary N) is 3. The predicted molar refractivity (Wildman–Crippen MR) is 94.9 cm³/mol. The number of anilines is 1. The van der Waals surface area contributed by atoms with Gasteiger partial charge in [0.15, 0.2) is 23.1 Å². The number of methoxy groups -OCH3 is 1. The Bertz CT molecular complexity index is 802. The van der Waals surface area contributed by atoms with E-state index in [0.717, 1.165) is 12.1 Å². The zero-order valence-electron chi connectivity index (χ0n) is 14.6. The normalized spacial score (nSPS) is 10.0. The molecule has 0 unspecified atom stereocenters. The van der Waals surface area contributed by atoms with Crippen LogP contribution in [0.15, 0.2) is 42.5 Å². The third kappa shape index (κ3) is 6.46. The molecule has 0 aliphatic rings. The molecule has 0 aliphatic heterocycles. The molecule has 0 fully saturated rings. The molecular formula is C18H19F2N3O4. The molecule has 7 nitrogen and oxygen atoms in total. The number of hydrogen-bond acceptors (Lipinski definition) is 4. The highest BCUT2D eigenvalue weighted by Gasteiger charge is 2.08. The number of rotatable bonds is 8. The van der Waals surface area contributed by atoms with Gasteiger partial charge in [-0.15, -0.1) is 0 Å². The highest BCUT2D eigenvalue weighted by Crippen LogP contribution is 2.25. The molecule has 0 radical (unpaired) electrons. The highest BCUT2D eigenvalue weighted by molar-refractivity contribution is 5.94. The molecule has 27 heavy (non-hydrogen) atoms. The van der Waals surface area contributed by atoms with E-state index in [4.69, 9.17) is 9.47 Å². The van der Waals surface area contributed by atoms with Crippen molar-refractivity contribution >= 4 is 17.6 Å². The monoisotopic (exact) mass is 379 g/mol. The van der Waals surface area contributed by atoms with Crippen LogP contribution in [0.4, 0.5) is 19.3 Å². The van der Waals surface area contributed by atoms with Crippen molar-refractivity contribution in [2.45, 2.75) is 0 Å². The van der Waals surface area contributed by atoms with Crippen LogP contribution in [0, 0.1) is 11.6 Å². The third-order valence-corrected chi connectivity index (χ3v) is 3.33. The predicted octanol–water partition coefficient (Wildman–Crippen LogP) is 2.29. The van der Waals surface area contributed by atoms with Crippen molar-refractivity contribution in [3.63, 3.8) is 0 Å². The minimum absolute atomic E-state index is 0.0892. The average Bonchev–Trinajstić information content (AvgIpc) is 2.67. The van der Waals surface area contributed by atoms with Crippen molar-refractivity contribution in [1.82, 2.24) is 10.6 Å². The number of hydrogen-bond donors (Lipinski definition) is 3. The van der Waals surface area contributed by atoms with Gasteiger partial charge in [0.05, 0.1) is 20.2 Å². The molecule has 0 aliphatic carbocycles. The van der Waals surface area contributed by atoms with Crippen molar-refractivity contribution in [3.8, 4) is 11.5 Å². The third-order valence-electron chi connectivity index (χ3n) is 3.33. The van der Waals surface area contributed by atoms with Crippen molar-refractivity contribution < 1.29 is 27.8 Å². The van der Waals surface area contributed by atoms with Crippen molar-refractivity contribution in [3.05, 3.63) is 54.1 Å². The molecule has 0 bridgehead atoms. The molecule has 0 saturated heterocycles. The number of para-hydroxylation sites is 2. The molecule has 0 atom stereocenters. The van der Waals surface area contributed by atoms with E-state index in [1.54, 1.807) is 18.2 Å². The van der Waals surface area contributed by atoms with E-state index in [2.05, 4.69) is 16.0 Å². The lowest BCUT2D eigenvalue weighted by Gasteiger charge is -2.11. The van der Waals surface area contributed by atoms with Crippen LogP contribution in [-0.4, -0.2) is 38.7 Å². The van der Waals surface area contributed by atoms with Crippen LogP contribution in [0.1, 0.15) is 0 Å². The molecule has 2 rings (SSSR count). The summed E-state index contributed by atoms with van der Waals surface area (Å²) in [5.41, 5.74) is 0.0892. The Kier molecular flexibility index (Phi) is 7.36. The number of urea groups is 1. The van der Waals surface area contributed by atoms with E-state index in [1.165, 1.54) is 13.2 Å². The van der Waals surface area contributed by atoms with Gasteiger partial charge in [-0.3, -0.25) is 4.79 Å². The first-order valence-corrected chi connectivity index (χ1v) is 8.02. The summed E-state index contributed by atoms with van der Waals surface area (Å²) in [7, 11) is 1.53. The largest absolute Gasteiger partial charge is 0.493 e. The summed E-state index contributed by atoms with van der Waals surface area (Å²) in [6.07, 6.45) is 0. The van der Waals surface area contributed by atoms with Crippen molar-refractivity contribution in [2.75, 3.05) is 32.1 Å². The van der Waals surface area contributed by atoms with E-state index in [1.807, 2.05) is 6.07 Å². The van der Waals surface area contributed by atoms with Crippen LogP contribution in [0.2, 0.25) is 0 Å². The highest BCUT2D eigenvalue weighted by atomic mass is 19.2. The second kappa shape index (κ2) is 9.95. The van der Waals surface area contributed by atoms with E-state index in [0.29, 0.717) is 11.5 Å². The summed E-state index contributed by atoms with van der Waals surface area (Å²) in [6.45, 7) is 0.0711. The van der Waals surface area contributed by atoms with Gasteiger partial charge in [-0.1, -0.05) is 12.1 Å². The first-order valence-electron chi connectivity index (χ1n) is 8.02. The molecule has 2 aromatic rings. The lowest BCUT2D eigenvalue weighted by molar-refractivity contribution is -0.115. The van der Waals surface area contributed by atoms with Crippen LogP contribution < -0.4 is 25.4 Å². The Labute approximate surface area is 154 Å². The number of carbonyl (C=O) groups is 2. The number of benzene rings is 2. The van der Waals surface area contributed by atoms with E-state index < -0.39 is 23.6 Å². The zero-order valence-corrected chi connectivity index (χ0v) is 14.6. The fourth-order valence-corrected chi connectivity index (χ4v) is 2.07. The molecule has 0 heterocycles. The van der Waals surface area contributed by atoms with E-state index in [9.17, 15) is 18.4 Å². The molecule has 144 valence electrons. The van der Waals surface area contributed by atoms with Crippen molar-refractivity contribution in [2.24, 2.45) is 0 Å². The molecule has 0 spiro atoms. The van der Waals surface area contributed by atoms with Gasteiger partial charge in [0.2, 0.25) is 5.91 Å². The van der Waals surface area contributed by atoms with E-state index in [-0.39, 0.29) is 25.4 Å². The quantitative estimate of drug-likeness (QED) is 0.614. The molecule has 0 aromatic heterocycles. The minimum atomic E-state index is -1.08. The Hall–Kier alpha value is -3.36. The first kappa shape index (κ1) is 20.0.